The van der Waals surface area contributed by atoms with E-state index in [1.165, 1.54) is 11.1 Å². The molecule has 84 valence electrons. The van der Waals surface area contributed by atoms with Crippen LogP contribution in [0.2, 0.25) is 0 Å². The highest BCUT2D eigenvalue weighted by Crippen LogP contribution is 2.30. The second kappa shape index (κ2) is 5.14. The molecule has 3 nitrogen and oxygen atoms in total. The van der Waals surface area contributed by atoms with E-state index in [1.807, 2.05) is 13.0 Å². The van der Waals surface area contributed by atoms with Crippen molar-refractivity contribution in [2.24, 2.45) is 11.5 Å². The van der Waals surface area contributed by atoms with Crippen molar-refractivity contribution in [3.8, 4) is 5.75 Å². The predicted molar refractivity (Wildman–Crippen MR) is 63.1 cm³/mol. The van der Waals surface area contributed by atoms with Crippen molar-refractivity contribution in [2.45, 2.75) is 26.3 Å². The molecule has 0 amide bonds. The number of hydrogen-bond donors (Lipinski definition) is 2. The van der Waals surface area contributed by atoms with Crippen molar-refractivity contribution in [1.29, 1.82) is 0 Å². The lowest BCUT2D eigenvalue weighted by atomic mass is 9.96. The number of nitrogens with two attached hydrogens (primary N) is 2. The summed E-state index contributed by atoms with van der Waals surface area (Å²) in [4.78, 5) is 0. The van der Waals surface area contributed by atoms with E-state index in [4.69, 9.17) is 16.2 Å². The first-order valence-corrected chi connectivity index (χ1v) is 5.21. The van der Waals surface area contributed by atoms with E-state index in [0.29, 0.717) is 6.54 Å². The molecule has 0 aliphatic carbocycles. The standard InChI is InChI=1S/C12H20N2O/c1-8-6-9(2)12(10(14)4-5-13)11(7-8)15-3/h6-7,10H,4-5,13-14H2,1-3H3. The van der Waals surface area contributed by atoms with Crippen molar-refractivity contribution in [1.82, 2.24) is 0 Å². The maximum absolute atomic E-state index is 6.07. The fourth-order valence-corrected chi connectivity index (χ4v) is 1.91. The summed E-state index contributed by atoms with van der Waals surface area (Å²) in [5.41, 5.74) is 15.0. The van der Waals surface area contributed by atoms with Crippen LogP contribution in [-0.2, 0) is 0 Å². The number of rotatable bonds is 4. The lowest BCUT2D eigenvalue weighted by Crippen LogP contribution is -2.17. The van der Waals surface area contributed by atoms with Crippen LogP contribution in [0.3, 0.4) is 0 Å². The Kier molecular flexibility index (Phi) is 4.12. The van der Waals surface area contributed by atoms with Crippen molar-refractivity contribution in [2.75, 3.05) is 13.7 Å². The molecule has 0 radical (unpaired) electrons. The van der Waals surface area contributed by atoms with Crippen LogP contribution in [0.1, 0.15) is 29.2 Å². The lowest BCUT2D eigenvalue weighted by Gasteiger charge is -2.18. The van der Waals surface area contributed by atoms with Gasteiger partial charge in [-0.3, -0.25) is 0 Å². The fraction of sp³-hybridized carbons (Fsp3) is 0.500. The lowest BCUT2D eigenvalue weighted by molar-refractivity contribution is 0.403. The first-order chi connectivity index (χ1) is 7.10. The summed E-state index contributed by atoms with van der Waals surface area (Å²) in [6.07, 6.45) is 0.778. The van der Waals surface area contributed by atoms with Gasteiger partial charge in [0.25, 0.3) is 0 Å². The molecule has 0 aliphatic heterocycles. The maximum atomic E-state index is 6.07. The first kappa shape index (κ1) is 12.0. The topological polar surface area (TPSA) is 61.3 Å². The average molecular weight is 208 g/mol. The minimum Gasteiger partial charge on any atom is -0.496 e. The van der Waals surface area contributed by atoms with Crippen LogP contribution >= 0.6 is 0 Å². The van der Waals surface area contributed by atoms with Gasteiger partial charge in [0, 0.05) is 11.6 Å². The van der Waals surface area contributed by atoms with Gasteiger partial charge in [0.15, 0.2) is 0 Å². The Balaban J connectivity index is 3.14. The second-order valence-corrected chi connectivity index (χ2v) is 3.88. The second-order valence-electron chi connectivity index (χ2n) is 3.88. The van der Waals surface area contributed by atoms with Crippen molar-refractivity contribution >= 4 is 0 Å². The van der Waals surface area contributed by atoms with Gasteiger partial charge in [-0.25, -0.2) is 0 Å². The van der Waals surface area contributed by atoms with Crippen LogP contribution in [0, 0.1) is 13.8 Å². The smallest absolute Gasteiger partial charge is 0.124 e. The molecule has 1 aromatic carbocycles. The van der Waals surface area contributed by atoms with E-state index < -0.39 is 0 Å². The van der Waals surface area contributed by atoms with E-state index in [9.17, 15) is 0 Å². The summed E-state index contributed by atoms with van der Waals surface area (Å²) in [7, 11) is 1.67. The Morgan fingerprint density at radius 3 is 2.53 bits per heavy atom. The Hall–Kier alpha value is -1.06. The zero-order chi connectivity index (χ0) is 11.4. The molecule has 0 saturated heterocycles. The predicted octanol–water partition coefficient (Wildman–Crippen LogP) is 1.66. The molecule has 0 bridgehead atoms. The van der Waals surface area contributed by atoms with Crippen molar-refractivity contribution in [3.05, 3.63) is 28.8 Å². The molecule has 0 spiro atoms. The first-order valence-electron chi connectivity index (χ1n) is 5.21. The molecule has 3 heteroatoms. The van der Waals surface area contributed by atoms with E-state index in [0.717, 1.165) is 17.7 Å². The van der Waals surface area contributed by atoms with Gasteiger partial charge in [-0.05, 0) is 44.0 Å². The van der Waals surface area contributed by atoms with E-state index in [-0.39, 0.29) is 6.04 Å². The number of aryl methyl sites for hydroxylation is 2. The highest BCUT2D eigenvalue weighted by molar-refractivity contribution is 5.44. The minimum absolute atomic E-state index is 0.0365. The molecule has 1 unspecified atom stereocenters. The third kappa shape index (κ3) is 2.70. The van der Waals surface area contributed by atoms with Crippen LogP contribution in [0.5, 0.6) is 5.75 Å². The Labute approximate surface area is 91.4 Å². The summed E-state index contributed by atoms with van der Waals surface area (Å²) in [6, 6.07) is 4.10. The molecule has 0 heterocycles. The molecule has 0 aromatic heterocycles. The summed E-state index contributed by atoms with van der Waals surface area (Å²) < 4.78 is 5.35. The molecule has 0 aliphatic rings. The van der Waals surface area contributed by atoms with Crippen LogP contribution < -0.4 is 16.2 Å². The van der Waals surface area contributed by atoms with Crippen LogP contribution in [0.15, 0.2) is 12.1 Å². The van der Waals surface area contributed by atoms with Gasteiger partial charge in [0.05, 0.1) is 7.11 Å². The van der Waals surface area contributed by atoms with Crippen molar-refractivity contribution < 1.29 is 4.74 Å². The summed E-state index contributed by atoms with van der Waals surface area (Å²) in [6.45, 7) is 4.70. The summed E-state index contributed by atoms with van der Waals surface area (Å²) >= 11 is 0. The van der Waals surface area contributed by atoms with Gasteiger partial charge in [-0.2, -0.15) is 0 Å². The largest absolute Gasteiger partial charge is 0.496 e. The molecular weight excluding hydrogens is 188 g/mol. The maximum Gasteiger partial charge on any atom is 0.124 e. The number of benzene rings is 1. The van der Waals surface area contributed by atoms with E-state index >= 15 is 0 Å². The Morgan fingerprint density at radius 1 is 1.33 bits per heavy atom. The molecule has 1 aromatic rings. The van der Waals surface area contributed by atoms with Crippen LogP contribution in [-0.4, -0.2) is 13.7 Å². The van der Waals surface area contributed by atoms with E-state index in [1.54, 1.807) is 7.11 Å². The summed E-state index contributed by atoms with van der Waals surface area (Å²) in [5, 5.41) is 0. The number of methoxy groups -OCH3 is 1. The third-order valence-corrected chi connectivity index (χ3v) is 2.56. The van der Waals surface area contributed by atoms with Gasteiger partial charge in [-0.15, -0.1) is 0 Å². The van der Waals surface area contributed by atoms with Crippen molar-refractivity contribution in [3.63, 3.8) is 0 Å². The Morgan fingerprint density at radius 2 is 2.00 bits per heavy atom. The van der Waals surface area contributed by atoms with Gasteiger partial charge in [0.1, 0.15) is 5.75 Å². The third-order valence-electron chi connectivity index (χ3n) is 2.56. The van der Waals surface area contributed by atoms with Gasteiger partial charge >= 0.3 is 0 Å². The zero-order valence-corrected chi connectivity index (χ0v) is 9.71. The minimum atomic E-state index is -0.0365. The fourth-order valence-electron chi connectivity index (χ4n) is 1.91. The van der Waals surface area contributed by atoms with E-state index in [2.05, 4.69) is 13.0 Å². The number of ether oxygens (including phenoxy) is 1. The van der Waals surface area contributed by atoms with Gasteiger partial charge in [-0.1, -0.05) is 6.07 Å². The molecule has 0 fully saturated rings. The average Bonchev–Trinajstić information content (AvgIpc) is 2.16. The summed E-state index contributed by atoms with van der Waals surface area (Å²) in [5.74, 6) is 0.869. The normalized spacial score (nSPS) is 12.6. The van der Waals surface area contributed by atoms with Gasteiger partial charge in [0.2, 0.25) is 0 Å². The van der Waals surface area contributed by atoms with Crippen LogP contribution in [0.25, 0.3) is 0 Å². The van der Waals surface area contributed by atoms with Crippen LogP contribution in [0.4, 0.5) is 0 Å². The molecule has 15 heavy (non-hydrogen) atoms. The highest BCUT2D eigenvalue weighted by atomic mass is 16.5. The molecule has 0 saturated carbocycles. The number of hydrogen-bond acceptors (Lipinski definition) is 3. The quantitative estimate of drug-likeness (QED) is 0.791. The molecule has 1 atom stereocenters. The zero-order valence-electron chi connectivity index (χ0n) is 9.71. The highest BCUT2D eigenvalue weighted by Gasteiger charge is 2.14. The molecular formula is C12H20N2O. The molecule has 1 rings (SSSR count). The molecule has 4 N–H and O–H groups in total. The SMILES string of the molecule is COc1cc(C)cc(C)c1C(N)CCN. The monoisotopic (exact) mass is 208 g/mol. The Bertz CT molecular complexity index is 337. The van der Waals surface area contributed by atoms with Gasteiger partial charge < -0.3 is 16.2 Å².